The van der Waals surface area contributed by atoms with Crippen LogP contribution in [0.2, 0.25) is 0 Å². The fourth-order valence-corrected chi connectivity index (χ4v) is 7.74. The van der Waals surface area contributed by atoms with Gasteiger partial charge < -0.3 is 19.5 Å². The van der Waals surface area contributed by atoms with Crippen LogP contribution >= 0.6 is 0 Å². The maximum Gasteiger partial charge on any atom is 0.303 e. The standard InChI is InChI=1S/C31H34N2O5/c1-18-6-7-21(16-19(18)2)8-11-26(36)33(5)23-12-13-31(38-20(3)34)25-17-22-9-10-24(35)28-27(22)30(31,29(23)37-28)14-15-32(25)4/h6-7,9-10,16,23,25,29,35H,12-15,17H2,1-5H3/t23-,25-,29+,30+,31-/m1/s1. The van der Waals surface area contributed by atoms with Crippen molar-refractivity contribution in [3.05, 3.63) is 58.1 Å². The number of ether oxygens (including phenoxy) is 2. The predicted octanol–water partition coefficient (Wildman–Crippen LogP) is 3.24. The first-order chi connectivity index (χ1) is 18.1. The van der Waals surface area contributed by atoms with Crippen molar-refractivity contribution in [3.63, 3.8) is 0 Å². The number of phenolic OH excluding ortho intramolecular Hbond substituents is 1. The number of rotatable bonds is 2. The van der Waals surface area contributed by atoms with E-state index in [2.05, 4.69) is 23.8 Å². The number of phenols is 1. The Hall–Kier alpha value is -3.50. The number of esters is 1. The Bertz CT molecular complexity index is 1420. The number of aryl methyl sites for hydroxylation is 2. The van der Waals surface area contributed by atoms with E-state index in [9.17, 15) is 14.7 Å². The van der Waals surface area contributed by atoms with Crippen molar-refractivity contribution >= 4 is 11.9 Å². The van der Waals surface area contributed by atoms with Crippen LogP contribution in [0.3, 0.4) is 0 Å². The Morgan fingerprint density at radius 3 is 2.71 bits per heavy atom. The molecule has 0 aromatic heterocycles. The van der Waals surface area contributed by atoms with Crippen molar-refractivity contribution < 1.29 is 24.2 Å². The molecule has 0 unspecified atom stereocenters. The molecule has 1 spiro atoms. The number of likely N-dealkylation sites (tertiary alicyclic amines) is 1. The third-order valence-corrected chi connectivity index (χ3v) is 9.62. The van der Waals surface area contributed by atoms with Gasteiger partial charge >= 0.3 is 5.97 Å². The molecule has 2 bridgehead atoms. The van der Waals surface area contributed by atoms with Gasteiger partial charge in [-0.1, -0.05) is 18.1 Å². The molecule has 2 aromatic rings. The predicted molar refractivity (Wildman–Crippen MR) is 142 cm³/mol. The monoisotopic (exact) mass is 514 g/mol. The van der Waals surface area contributed by atoms with Crippen LogP contribution in [0.1, 0.15) is 54.0 Å². The summed E-state index contributed by atoms with van der Waals surface area (Å²) in [6, 6.07) is 9.29. The Morgan fingerprint density at radius 1 is 1.18 bits per heavy atom. The Labute approximate surface area is 223 Å². The van der Waals surface area contributed by atoms with E-state index in [4.69, 9.17) is 9.47 Å². The van der Waals surface area contributed by atoms with E-state index in [0.29, 0.717) is 31.4 Å². The lowest BCUT2D eigenvalue weighted by Gasteiger charge is -2.65. The molecule has 2 aromatic carbocycles. The lowest BCUT2D eigenvalue weighted by atomic mass is 9.48. The highest BCUT2D eigenvalue weighted by atomic mass is 16.6. The number of likely N-dealkylation sites (N-methyl/N-ethyl adjacent to an activating group) is 2. The maximum absolute atomic E-state index is 13.4. The van der Waals surface area contributed by atoms with Crippen LogP contribution in [0.4, 0.5) is 0 Å². The number of hydrogen-bond acceptors (Lipinski definition) is 6. The molecular formula is C31H34N2O5. The average Bonchev–Trinajstić information content (AvgIpc) is 3.23. The van der Waals surface area contributed by atoms with E-state index in [1.807, 2.05) is 38.1 Å². The molecular weight excluding hydrogens is 480 g/mol. The van der Waals surface area contributed by atoms with E-state index in [0.717, 1.165) is 28.8 Å². The first-order valence-electron chi connectivity index (χ1n) is 13.4. The highest BCUT2D eigenvalue weighted by Gasteiger charge is 2.75. The van der Waals surface area contributed by atoms with Gasteiger partial charge in [-0.2, -0.15) is 0 Å². The molecule has 6 rings (SSSR count). The molecule has 1 amide bonds. The number of piperidine rings is 1. The summed E-state index contributed by atoms with van der Waals surface area (Å²) in [5.74, 6) is 5.82. The van der Waals surface area contributed by atoms with Gasteiger partial charge in [-0.15, -0.1) is 0 Å². The zero-order chi connectivity index (χ0) is 27.0. The lowest BCUT2D eigenvalue weighted by Crippen LogP contribution is -2.78. The zero-order valence-corrected chi connectivity index (χ0v) is 22.6. The van der Waals surface area contributed by atoms with Gasteiger partial charge in [-0.05, 0) is 88.0 Å². The van der Waals surface area contributed by atoms with Crippen LogP contribution < -0.4 is 4.74 Å². The second-order valence-corrected chi connectivity index (χ2v) is 11.5. The number of carbonyl (C=O) groups is 2. The van der Waals surface area contributed by atoms with Crippen LogP contribution in [-0.2, 0) is 26.2 Å². The zero-order valence-electron chi connectivity index (χ0n) is 22.6. The second kappa shape index (κ2) is 8.51. The van der Waals surface area contributed by atoms with Gasteiger partial charge in [-0.25, -0.2) is 0 Å². The second-order valence-electron chi connectivity index (χ2n) is 11.5. The van der Waals surface area contributed by atoms with Gasteiger partial charge in [0.25, 0.3) is 5.91 Å². The van der Waals surface area contributed by atoms with Gasteiger partial charge in [0.05, 0.1) is 17.5 Å². The molecule has 7 heteroatoms. The Kier molecular flexibility index (Phi) is 5.55. The smallest absolute Gasteiger partial charge is 0.303 e. The highest BCUT2D eigenvalue weighted by molar-refractivity contribution is 5.94. The quantitative estimate of drug-likeness (QED) is 0.490. The summed E-state index contributed by atoms with van der Waals surface area (Å²) in [5, 5.41) is 10.9. The molecule has 7 nitrogen and oxygen atoms in total. The number of nitrogens with zero attached hydrogens (tertiary/aromatic N) is 2. The summed E-state index contributed by atoms with van der Waals surface area (Å²) < 4.78 is 13.0. The minimum atomic E-state index is -0.798. The molecule has 1 saturated heterocycles. The molecule has 0 radical (unpaired) electrons. The van der Waals surface area contributed by atoms with Crippen molar-refractivity contribution in [3.8, 4) is 23.3 Å². The van der Waals surface area contributed by atoms with E-state index in [1.54, 1.807) is 18.0 Å². The van der Waals surface area contributed by atoms with Crippen LogP contribution in [0.15, 0.2) is 30.3 Å². The van der Waals surface area contributed by atoms with Crippen LogP contribution in [-0.4, -0.2) is 71.2 Å². The Balaban J connectivity index is 1.42. The number of carbonyl (C=O) groups excluding carboxylic acids is 2. The summed E-state index contributed by atoms with van der Waals surface area (Å²) in [5.41, 5.74) is 3.73. The van der Waals surface area contributed by atoms with E-state index in [1.165, 1.54) is 12.5 Å². The van der Waals surface area contributed by atoms with Crippen molar-refractivity contribution in [1.82, 2.24) is 9.80 Å². The molecule has 2 aliphatic heterocycles. The number of benzene rings is 2. The van der Waals surface area contributed by atoms with Crippen molar-refractivity contribution in [2.24, 2.45) is 0 Å². The summed E-state index contributed by atoms with van der Waals surface area (Å²) in [7, 11) is 3.87. The summed E-state index contributed by atoms with van der Waals surface area (Å²) in [4.78, 5) is 30.0. The number of aromatic hydroxyl groups is 1. The van der Waals surface area contributed by atoms with Crippen LogP contribution in [0.5, 0.6) is 11.5 Å². The molecule has 5 atom stereocenters. The lowest BCUT2D eigenvalue weighted by molar-refractivity contribution is -0.220. The molecule has 2 heterocycles. The number of amides is 1. The van der Waals surface area contributed by atoms with E-state index < -0.39 is 17.1 Å². The fraction of sp³-hybridized carbons (Fsp3) is 0.484. The molecule has 2 aliphatic carbocycles. The first-order valence-corrected chi connectivity index (χ1v) is 13.4. The molecule has 38 heavy (non-hydrogen) atoms. The van der Waals surface area contributed by atoms with Crippen molar-refractivity contribution in [2.45, 2.75) is 75.7 Å². The third kappa shape index (κ3) is 3.26. The highest BCUT2D eigenvalue weighted by Crippen LogP contribution is 2.66. The number of hydrogen-bond donors (Lipinski definition) is 1. The molecule has 1 N–H and O–H groups in total. The molecule has 4 aliphatic rings. The minimum absolute atomic E-state index is 0.0132. The van der Waals surface area contributed by atoms with Gasteiger partial charge in [0.2, 0.25) is 0 Å². The van der Waals surface area contributed by atoms with E-state index >= 15 is 0 Å². The SMILES string of the molecule is CC(=O)O[C@@]12CC[C@@H](N(C)C(=O)C#Cc3ccc(C)c(C)c3)[C@@H]3Oc4c(O)ccc5c4[C@@]31CCN(C)[C@@H]2C5. The summed E-state index contributed by atoms with van der Waals surface area (Å²) >= 11 is 0. The maximum atomic E-state index is 13.4. The third-order valence-electron chi connectivity index (χ3n) is 9.62. The summed E-state index contributed by atoms with van der Waals surface area (Å²) in [6.45, 7) is 6.35. The molecule has 198 valence electrons. The van der Waals surface area contributed by atoms with Gasteiger partial charge in [-0.3, -0.25) is 14.5 Å². The fourth-order valence-electron chi connectivity index (χ4n) is 7.74. The van der Waals surface area contributed by atoms with Gasteiger partial charge in [0, 0.05) is 31.0 Å². The normalized spacial score (nSPS) is 30.4. The molecule has 2 fully saturated rings. The molecule has 1 saturated carbocycles. The van der Waals surface area contributed by atoms with Crippen molar-refractivity contribution in [1.29, 1.82) is 0 Å². The van der Waals surface area contributed by atoms with Crippen molar-refractivity contribution in [2.75, 3.05) is 20.6 Å². The van der Waals surface area contributed by atoms with Gasteiger partial charge in [0.1, 0.15) is 11.7 Å². The average molecular weight is 515 g/mol. The van der Waals surface area contributed by atoms with Crippen LogP contribution in [0.25, 0.3) is 0 Å². The minimum Gasteiger partial charge on any atom is -0.504 e. The summed E-state index contributed by atoms with van der Waals surface area (Å²) in [6.07, 6.45) is 2.15. The van der Waals surface area contributed by atoms with E-state index in [-0.39, 0.29) is 29.7 Å². The largest absolute Gasteiger partial charge is 0.504 e. The first kappa shape index (κ1) is 24.8. The topological polar surface area (TPSA) is 79.3 Å². The Morgan fingerprint density at radius 2 is 1.97 bits per heavy atom. The van der Waals surface area contributed by atoms with Crippen LogP contribution in [0, 0.1) is 25.7 Å². The van der Waals surface area contributed by atoms with Gasteiger partial charge in [0.15, 0.2) is 11.5 Å².